The molecule has 0 aliphatic carbocycles. The van der Waals surface area contributed by atoms with Gasteiger partial charge in [0.15, 0.2) is 0 Å². The zero-order valence-corrected chi connectivity index (χ0v) is 7.39. The quantitative estimate of drug-likeness (QED) is 0.476. The van der Waals surface area contributed by atoms with Gasteiger partial charge in [-0.05, 0) is 0 Å². The Morgan fingerprint density at radius 3 is 1.67 bits per heavy atom. The van der Waals surface area contributed by atoms with Crippen LogP contribution in [0.3, 0.4) is 0 Å². The third-order valence-corrected chi connectivity index (χ3v) is 0. The number of rotatable bonds is 0. The van der Waals surface area contributed by atoms with Gasteiger partial charge in [0.25, 0.3) is 5.97 Å². The molecule has 2 radical (unpaired) electrons. The first-order chi connectivity index (χ1) is 3.15. The predicted octanol–water partition coefficient (Wildman–Crippen LogP) is 0.483. The van der Waals surface area contributed by atoms with Gasteiger partial charge in [-0.3, -0.25) is 4.79 Å². The summed E-state index contributed by atoms with van der Waals surface area (Å²) >= 11 is 3.09. The summed E-state index contributed by atoms with van der Waals surface area (Å²) in [5.41, 5.74) is 0. The Bertz CT molecular complexity index is 88.3. The number of hydrogen-bond acceptors (Lipinski definition) is 3. The number of carbonyl (C=O) groups is 1. The molecule has 0 saturated carbocycles. The van der Waals surface area contributed by atoms with Crippen molar-refractivity contribution in [2.45, 2.75) is 6.92 Å². The molecule has 1 N–H and O–H groups in total. The van der Waals surface area contributed by atoms with Crippen LogP contribution in [0.25, 0.3) is 0 Å². The zero-order valence-electron chi connectivity index (χ0n) is 4.42. The molecule has 0 amide bonds. The maximum Gasteiger partial charge on any atom is 0.300 e. The molecule has 9 heavy (non-hydrogen) atoms. The summed E-state index contributed by atoms with van der Waals surface area (Å²) < 4.78 is 0. The molecule has 0 rings (SSSR count). The van der Waals surface area contributed by atoms with Crippen molar-refractivity contribution in [3.05, 3.63) is 0 Å². The first-order valence-electron chi connectivity index (χ1n) is 1.37. The summed E-state index contributed by atoms with van der Waals surface area (Å²) in [6.07, 6.45) is 0. The van der Waals surface area contributed by atoms with Crippen molar-refractivity contribution in [1.29, 1.82) is 5.26 Å². The van der Waals surface area contributed by atoms with Crippen LogP contribution in [0.1, 0.15) is 6.92 Å². The van der Waals surface area contributed by atoms with E-state index in [2.05, 4.69) is 12.6 Å². The van der Waals surface area contributed by atoms with Crippen LogP contribution in [0.2, 0.25) is 0 Å². The van der Waals surface area contributed by atoms with Gasteiger partial charge in [-0.2, -0.15) is 5.26 Å². The SMILES string of the molecule is CC(=O)O.N#CS.[Co].[Co]. The molecule has 6 heteroatoms. The Hall–Kier alpha value is 0.323. The van der Waals surface area contributed by atoms with E-state index in [1.807, 2.05) is 0 Å². The molecule has 0 aromatic rings. The molecule has 0 spiro atoms. The van der Waals surface area contributed by atoms with Crippen LogP contribution < -0.4 is 0 Å². The van der Waals surface area contributed by atoms with Crippen LogP contribution in [0, 0.1) is 10.7 Å². The van der Waals surface area contributed by atoms with E-state index in [0.717, 1.165) is 6.92 Å². The second-order valence-corrected chi connectivity index (χ2v) is 0.819. The minimum absolute atomic E-state index is 0. The van der Waals surface area contributed by atoms with E-state index >= 15 is 0 Å². The molecule has 0 heterocycles. The van der Waals surface area contributed by atoms with Crippen molar-refractivity contribution in [1.82, 2.24) is 0 Å². The van der Waals surface area contributed by atoms with Crippen LogP contribution >= 0.6 is 12.6 Å². The van der Waals surface area contributed by atoms with Crippen molar-refractivity contribution in [2.24, 2.45) is 0 Å². The van der Waals surface area contributed by atoms with Gasteiger partial charge in [-0.15, -0.1) is 0 Å². The molecule has 0 unspecified atom stereocenters. The van der Waals surface area contributed by atoms with Gasteiger partial charge in [0.2, 0.25) is 0 Å². The van der Waals surface area contributed by atoms with Gasteiger partial charge in [-0.25, -0.2) is 0 Å². The van der Waals surface area contributed by atoms with Crippen molar-refractivity contribution in [3.8, 4) is 5.40 Å². The molecule has 0 saturated heterocycles. The third kappa shape index (κ3) is 3190. The minimum atomic E-state index is -0.833. The first-order valence-corrected chi connectivity index (χ1v) is 1.82. The number of aliphatic carboxylic acids is 1. The van der Waals surface area contributed by atoms with Crippen molar-refractivity contribution in [2.75, 3.05) is 0 Å². The molecular weight excluding hydrogens is 232 g/mol. The second kappa shape index (κ2) is 23.9. The molecular formula is C3H5Co2NO2S. The smallest absolute Gasteiger partial charge is 0.300 e. The number of nitrogens with zero attached hydrogens (tertiary/aromatic N) is 1. The monoisotopic (exact) mass is 237 g/mol. The number of nitriles is 1. The molecule has 0 fully saturated rings. The molecule has 0 aromatic heterocycles. The number of carboxylic acids is 1. The summed E-state index contributed by atoms with van der Waals surface area (Å²) in [5.74, 6) is -0.833. The largest absolute Gasteiger partial charge is 0.481 e. The Morgan fingerprint density at radius 1 is 1.67 bits per heavy atom. The van der Waals surface area contributed by atoms with Gasteiger partial charge in [0.05, 0.1) is 0 Å². The van der Waals surface area contributed by atoms with E-state index in [-0.39, 0.29) is 33.6 Å². The average molecular weight is 237 g/mol. The standard InChI is InChI=1S/C2H4O2.CHNS.2Co/c1-2(3)4;2-1-3;;/h1H3,(H,3,4);3H;;. The summed E-state index contributed by atoms with van der Waals surface area (Å²) in [7, 11) is 0. The minimum Gasteiger partial charge on any atom is -0.481 e. The van der Waals surface area contributed by atoms with Crippen LogP contribution in [0.5, 0.6) is 0 Å². The number of thiol groups is 1. The van der Waals surface area contributed by atoms with E-state index in [1.165, 1.54) is 5.40 Å². The summed E-state index contributed by atoms with van der Waals surface area (Å²) in [5, 5.41) is 16.0. The Labute approximate surface area is 79.6 Å². The number of thiocyanates is 1. The van der Waals surface area contributed by atoms with Gasteiger partial charge < -0.3 is 5.11 Å². The van der Waals surface area contributed by atoms with E-state index in [1.54, 1.807) is 0 Å². The van der Waals surface area contributed by atoms with Crippen LogP contribution in [0.15, 0.2) is 0 Å². The topological polar surface area (TPSA) is 61.1 Å². The van der Waals surface area contributed by atoms with Crippen LogP contribution in [-0.2, 0) is 38.4 Å². The summed E-state index contributed by atoms with van der Waals surface area (Å²) in [6, 6.07) is 0. The molecule has 58 valence electrons. The fourth-order valence-electron chi connectivity index (χ4n) is 0. The molecule has 0 bridgehead atoms. The third-order valence-electron chi connectivity index (χ3n) is 0. The van der Waals surface area contributed by atoms with E-state index in [9.17, 15) is 0 Å². The van der Waals surface area contributed by atoms with Gasteiger partial charge in [-0.1, -0.05) is 12.6 Å². The van der Waals surface area contributed by atoms with Gasteiger partial charge in [0.1, 0.15) is 5.40 Å². The van der Waals surface area contributed by atoms with Crippen molar-refractivity contribution < 1.29 is 43.5 Å². The maximum absolute atomic E-state index is 9.00. The Balaban J connectivity index is -0.0000000233. The first kappa shape index (κ1) is 22.8. The van der Waals surface area contributed by atoms with Crippen molar-refractivity contribution in [3.63, 3.8) is 0 Å². The fraction of sp³-hybridized carbons (Fsp3) is 0.333. The Morgan fingerprint density at radius 2 is 1.67 bits per heavy atom. The Kier molecular flexibility index (Phi) is 60.5. The molecule has 0 atom stereocenters. The molecule has 0 aliphatic heterocycles. The summed E-state index contributed by atoms with van der Waals surface area (Å²) in [4.78, 5) is 9.00. The number of hydrogen-bond donors (Lipinski definition) is 2. The second-order valence-electron chi connectivity index (χ2n) is 0.619. The van der Waals surface area contributed by atoms with E-state index < -0.39 is 5.97 Å². The average Bonchev–Trinajstić information content (AvgIpc) is 1.33. The molecule has 0 aromatic carbocycles. The number of carboxylic acid groups (broad SMARTS) is 1. The summed E-state index contributed by atoms with van der Waals surface area (Å²) in [6.45, 7) is 1.08. The van der Waals surface area contributed by atoms with Crippen LogP contribution in [0.4, 0.5) is 0 Å². The van der Waals surface area contributed by atoms with Crippen molar-refractivity contribution >= 4 is 18.6 Å². The molecule has 3 nitrogen and oxygen atoms in total. The van der Waals surface area contributed by atoms with Crippen LogP contribution in [-0.4, -0.2) is 11.1 Å². The molecule has 0 aliphatic rings. The van der Waals surface area contributed by atoms with E-state index in [0.29, 0.717) is 0 Å². The maximum atomic E-state index is 9.00. The van der Waals surface area contributed by atoms with Gasteiger partial charge >= 0.3 is 0 Å². The zero-order chi connectivity index (χ0) is 6.28. The predicted molar refractivity (Wildman–Crippen MR) is 27.9 cm³/mol. The fourth-order valence-corrected chi connectivity index (χ4v) is 0. The van der Waals surface area contributed by atoms with E-state index in [4.69, 9.17) is 15.2 Å². The normalized spacial score (nSPS) is 3.67. The van der Waals surface area contributed by atoms with Gasteiger partial charge in [0, 0.05) is 40.5 Å².